The van der Waals surface area contributed by atoms with Gasteiger partial charge in [0, 0.05) is 29.0 Å². The Balaban J connectivity index is 1.25. The van der Waals surface area contributed by atoms with Crippen molar-refractivity contribution < 1.29 is 9.53 Å². The lowest BCUT2D eigenvalue weighted by molar-refractivity contribution is 0.0982. The van der Waals surface area contributed by atoms with Crippen LogP contribution in [0.1, 0.15) is 23.2 Å². The maximum atomic E-state index is 12.4. The molecular formula is C22H18ClN3O2S. The van der Waals surface area contributed by atoms with Gasteiger partial charge in [0.1, 0.15) is 11.5 Å². The molecule has 0 radical (unpaired) electrons. The first-order valence-electron chi connectivity index (χ1n) is 9.16. The fraction of sp³-hybridized carbons (Fsp3) is 0.136. The first kappa shape index (κ1) is 19.5. The van der Waals surface area contributed by atoms with Crippen molar-refractivity contribution in [2.45, 2.75) is 18.0 Å². The smallest absolute Gasteiger partial charge is 0.166 e. The fourth-order valence-electron chi connectivity index (χ4n) is 2.83. The molecule has 5 nitrogen and oxygen atoms in total. The molecule has 0 saturated heterocycles. The third-order valence-corrected chi connectivity index (χ3v) is 5.45. The van der Waals surface area contributed by atoms with Crippen molar-refractivity contribution in [3.63, 3.8) is 0 Å². The Labute approximate surface area is 177 Å². The van der Waals surface area contributed by atoms with E-state index in [-0.39, 0.29) is 5.78 Å². The number of nitrogens with zero attached hydrogens (tertiary/aromatic N) is 2. The Morgan fingerprint density at radius 2 is 1.97 bits per heavy atom. The van der Waals surface area contributed by atoms with E-state index >= 15 is 0 Å². The second kappa shape index (κ2) is 9.11. The van der Waals surface area contributed by atoms with Gasteiger partial charge in [-0.3, -0.25) is 9.78 Å². The van der Waals surface area contributed by atoms with Crippen molar-refractivity contribution in [3.05, 3.63) is 77.6 Å². The quantitative estimate of drug-likeness (QED) is 0.209. The van der Waals surface area contributed by atoms with Crippen LogP contribution in [0.3, 0.4) is 0 Å². The molecule has 0 aliphatic carbocycles. The highest BCUT2D eigenvalue weighted by Gasteiger charge is 2.08. The fourth-order valence-corrected chi connectivity index (χ4v) is 3.82. The van der Waals surface area contributed by atoms with Crippen molar-refractivity contribution in [1.29, 1.82) is 0 Å². The molecule has 2 aromatic heterocycles. The number of thioether (sulfide) groups is 1. The van der Waals surface area contributed by atoms with Gasteiger partial charge in [-0.25, -0.2) is 4.98 Å². The Morgan fingerprint density at radius 1 is 1.10 bits per heavy atom. The van der Waals surface area contributed by atoms with Gasteiger partial charge in [0.2, 0.25) is 0 Å². The van der Waals surface area contributed by atoms with E-state index in [0.717, 1.165) is 28.4 Å². The van der Waals surface area contributed by atoms with Crippen molar-refractivity contribution in [3.8, 4) is 11.5 Å². The minimum atomic E-state index is 0.120. The molecule has 2 aromatic carbocycles. The summed E-state index contributed by atoms with van der Waals surface area (Å²) in [6.07, 6.45) is 4.60. The number of fused-ring (bicyclic) bond motifs is 1. The molecule has 0 atom stereocenters. The van der Waals surface area contributed by atoms with E-state index in [1.165, 1.54) is 0 Å². The number of H-pyrrole nitrogens is 1. The summed E-state index contributed by atoms with van der Waals surface area (Å²) in [7, 11) is 0. The number of nitrogens with one attached hydrogen (secondary N) is 1. The standard InChI is InChI=1S/C22H18ClN3O2S/c23-16-7-10-19-20(13-16)26-22(25-19)29-12-2-4-21(27)15-5-8-17(9-6-15)28-18-3-1-11-24-14-18/h1,3,5-11,13-14H,2,4,12H2,(H,25,26). The van der Waals surface area contributed by atoms with E-state index in [0.29, 0.717) is 28.5 Å². The zero-order valence-corrected chi connectivity index (χ0v) is 17.0. The lowest BCUT2D eigenvalue weighted by Gasteiger charge is -2.06. The van der Waals surface area contributed by atoms with Crippen molar-refractivity contribution in [1.82, 2.24) is 15.0 Å². The van der Waals surface area contributed by atoms with Crippen LogP contribution in [0.4, 0.5) is 0 Å². The second-order valence-electron chi connectivity index (χ2n) is 6.39. The van der Waals surface area contributed by atoms with Gasteiger partial charge in [0.25, 0.3) is 0 Å². The zero-order chi connectivity index (χ0) is 20.1. The average molecular weight is 424 g/mol. The van der Waals surface area contributed by atoms with Gasteiger partial charge >= 0.3 is 0 Å². The minimum Gasteiger partial charge on any atom is -0.456 e. The molecule has 0 amide bonds. The normalized spacial score (nSPS) is 10.9. The van der Waals surface area contributed by atoms with Crippen LogP contribution in [0.5, 0.6) is 11.5 Å². The van der Waals surface area contributed by atoms with E-state index < -0.39 is 0 Å². The number of aromatic nitrogens is 3. The summed E-state index contributed by atoms with van der Waals surface area (Å²) < 4.78 is 5.70. The molecular weight excluding hydrogens is 406 g/mol. The molecule has 0 fully saturated rings. The lowest BCUT2D eigenvalue weighted by Crippen LogP contribution is -1.99. The Hall–Kier alpha value is -2.83. The number of ether oxygens (including phenoxy) is 1. The van der Waals surface area contributed by atoms with Crippen LogP contribution in [0, 0.1) is 0 Å². The SMILES string of the molecule is O=C(CCCSc1nc2ccc(Cl)cc2[nH]1)c1ccc(Oc2cccnc2)cc1. The van der Waals surface area contributed by atoms with Gasteiger partial charge in [-0.1, -0.05) is 23.4 Å². The van der Waals surface area contributed by atoms with Gasteiger partial charge < -0.3 is 9.72 Å². The summed E-state index contributed by atoms with van der Waals surface area (Å²) in [5.74, 6) is 2.27. The van der Waals surface area contributed by atoms with Crippen LogP contribution in [0.2, 0.25) is 5.02 Å². The van der Waals surface area contributed by atoms with Gasteiger partial charge in [-0.05, 0) is 61.0 Å². The number of halogens is 1. The summed E-state index contributed by atoms with van der Waals surface area (Å²) in [6.45, 7) is 0. The zero-order valence-electron chi connectivity index (χ0n) is 15.5. The van der Waals surface area contributed by atoms with Crippen LogP contribution < -0.4 is 4.74 Å². The molecule has 0 bridgehead atoms. The number of benzene rings is 2. The van der Waals surface area contributed by atoms with E-state index in [9.17, 15) is 4.79 Å². The molecule has 1 N–H and O–H groups in total. The Morgan fingerprint density at radius 3 is 2.76 bits per heavy atom. The summed E-state index contributed by atoms with van der Waals surface area (Å²) in [5, 5.41) is 1.52. The Kier molecular flexibility index (Phi) is 6.12. The third kappa shape index (κ3) is 5.16. The maximum Gasteiger partial charge on any atom is 0.166 e. The predicted molar refractivity (Wildman–Crippen MR) is 116 cm³/mol. The molecule has 0 aliphatic heterocycles. The highest BCUT2D eigenvalue weighted by atomic mass is 35.5. The van der Waals surface area contributed by atoms with Gasteiger partial charge in [0.05, 0.1) is 17.2 Å². The summed E-state index contributed by atoms with van der Waals surface area (Å²) in [4.78, 5) is 24.2. The molecule has 0 spiro atoms. The maximum absolute atomic E-state index is 12.4. The number of rotatable bonds is 8. The van der Waals surface area contributed by atoms with E-state index in [1.54, 1.807) is 48.4 Å². The highest BCUT2D eigenvalue weighted by Crippen LogP contribution is 2.24. The molecule has 4 aromatic rings. The van der Waals surface area contributed by atoms with Crippen LogP contribution in [0.25, 0.3) is 11.0 Å². The van der Waals surface area contributed by atoms with Crippen LogP contribution in [0.15, 0.2) is 72.1 Å². The lowest BCUT2D eigenvalue weighted by atomic mass is 10.1. The molecule has 0 unspecified atom stereocenters. The second-order valence-corrected chi connectivity index (χ2v) is 7.91. The Bertz CT molecular complexity index is 1110. The molecule has 29 heavy (non-hydrogen) atoms. The molecule has 4 rings (SSSR count). The number of hydrogen-bond donors (Lipinski definition) is 1. The van der Waals surface area contributed by atoms with Gasteiger partial charge in [-0.2, -0.15) is 0 Å². The number of imidazole rings is 1. The molecule has 0 aliphatic rings. The number of carbonyl (C=O) groups is 1. The summed E-state index contributed by atoms with van der Waals surface area (Å²) in [5.41, 5.74) is 2.50. The van der Waals surface area contributed by atoms with Crippen LogP contribution in [-0.4, -0.2) is 26.5 Å². The van der Waals surface area contributed by atoms with Crippen molar-refractivity contribution >= 4 is 40.2 Å². The van der Waals surface area contributed by atoms with E-state index in [1.807, 2.05) is 30.3 Å². The van der Waals surface area contributed by atoms with Crippen molar-refractivity contribution in [2.75, 3.05) is 5.75 Å². The number of carbonyl (C=O) groups excluding carboxylic acids is 1. The topological polar surface area (TPSA) is 67.9 Å². The molecule has 146 valence electrons. The monoisotopic (exact) mass is 423 g/mol. The highest BCUT2D eigenvalue weighted by molar-refractivity contribution is 7.99. The predicted octanol–water partition coefficient (Wildman–Crippen LogP) is 6.16. The molecule has 7 heteroatoms. The van der Waals surface area contributed by atoms with E-state index in [4.69, 9.17) is 16.3 Å². The molecule has 0 saturated carbocycles. The van der Waals surface area contributed by atoms with Crippen LogP contribution >= 0.6 is 23.4 Å². The van der Waals surface area contributed by atoms with Crippen LogP contribution in [-0.2, 0) is 0 Å². The van der Waals surface area contributed by atoms with E-state index in [2.05, 4.69) is 15.0 Å². The number of pyridine rings is 1. The van der Waals surface area contributed by atoms with Gasteiger partial charge in [0.15, 0.2) is 10.9 Å². The number of ketones is 1. The number of aromatic amines is 1. The molecule has 2 heterocycles. The summed E-state index contributed by atoms with van der Waals surface area (Å²) >= 11 is 7.60. The average Bonchev–Trinajstić information content (AvgIpc) is 3.14. The van der Waals surface area contributed by atoms with Crippen molar-refractivity contribution in [2.24, 2.45) is 0 Å². The number of Topliss-reactive ketones (excluding diaryl/α,β-unsaturated/α-hetero) is 1. The first-order chi connectivity index (χ1) is 14.2. The number of hydrogen-bond acceptors (Lipinski definition) is 5. The largest absolute Gasteiger partial charge is 0.456 e. The first-order valence-corrected chi connectivity index (χ1v) is 10.5. The van der Waals surface area contributed by atoms with Gasteiger partial charge in [-0.15, -0.1) is 0 Å². The minimum absolute atomic E-state index is 0.120. The third-order valence-electron chi connectivity index (χ3n) is 4.26. The summed E-state index contributed by atoms with van der Waals surface area (Å²) in [6, 6.07) is 16.4.